The van der Waals surface area contributed by atoms with Crippen LogP contribution in [0.25, 0.3) is 10.9 Å². The average Bonchev–Trinajstić information content (AvgIpc) is 2.64. The highest BCUT2D eigenvalue weighted by Crippen LogP contribution is 2.18. The van der Waals surface area contributed by atoms with Crippen LogP contribution in [0, 0.1) is 0 Å². The van der Waals surface area contributed by atoms with Crippen LogP contribution in [0.4, 0.5) is 5.69 Å². The van der Waals surface area contributed by atoms with E-state index in [2.05, 4.69) is 10.1 Å². The molecule has 6 nitrogen and oxygen atoms in total. The summed E-state index contributed by atoms with van der Waals surface area (Å²) in [6.07, 6.45) is 0. The number of methoxy groups -OCH3 is 1. The fourth-order valence-corrected chi connectivity index (χ4v) is 2.64. The van der Waals surface area contributed by atoms with E-state index in [4.69, 9.17) is 0 Å². The summed E-state index contributed by atoms with van der Waals surface area (Å²) in [6.45, 7) is 0. The van der Waals surface area contributed by atoms with E-state index in [1.165, 1.54) is 23.8 Å². The zero-order valence-corrected chi connectivity index (χ0v) is 13.8. The van der Waals surface area contributed by atoms with Crippen LogP contribution >= 0.6 is 0 Å². The molecule has 6 heteroatoms. The van der Waals surface area contributed by atoms with Gasteiger partial charge in [-0.15, -0.1) is 0 Å². The normalized spacial score (nSPS) is 10.5. The van der Waals surface area contributed by atoms with Gasteiger partial charge in [-0.1, -0.05) is 24.3 Å². The Hall–Kier alpha value is -3.41. The molecule has 1 aromatic heterocycles. The molecule has 0 aliphatic rings. The quantitative estimate of drug-likeness (QED) is 0.746. The molecular formula is C19H16N2O4. The molecular weight excluding hydrogens is 320 g/mol. The fraction of sp³-hybridized carbons (Fsp3) is 0.105. The van der Waals surface area contributed by atoms with E-state index in [1.807, 2.05) is 12.1 Å². The Bertz CT molecular complexity index is 1040. The van der Waals surface area contributed by atoms with Crippen LogP contribution in [0.15, 0.2) is 59.4 Å². The van der Waals surface area contributed by atoms with Gasteiger partial charge < -0.3 is 14.6 Å². The summed E-state index contributed by atoms with van der Waals surface area (Å²) in [6, 6.07) is 14.9. The summed E-state index contributed by atoms with van der Waals surface area (Å²) in [5.41, 5.74) is 1.45. The second-order valence-electron chi connectivity index (χ2n) is 5.50. The number of aromatic nitrogens is 1. The van der Waals surface area contributed by atoms with Crippen molar-refractivity contribution in [1.29, 1.82) is 0 Å². The number of nitrogens with one attached hydrogen (secondary N) is 1. The molecule has 0 saturated carbocycles. The Morgan fingerprint density at radius 3 is 2.56 bits per heavy atom. The number of amides is 1. The number of para-hydroxylation sites is 1. The van der Waals surface area contributed by atoms with E-state index in [-0.39, 0.29) is 11.1 Å². The molecule has 0 saturated heterocycles. The molecule has 0 spiro atoms. The number of anilines is 1. The van der Waals surface area contributed by atoms with Crippen molar-refractivity contribution in [3.8, 4) is 0 Å². The fourth-order valence-electron chi connectivity index (χ4n) is 2.64. The Labute approximate surface area is 143 Å². The van der Waals surface area contributed by atoms with Crippen molar-refractivity contribution in [2.45, 2.75) is 0 Å². The van der Waals surface area contributed by atoms with E-state index in [0.29, 0.717) is 22.2 Å². The first kappa shape index (κ1) is 16.4. The molecule has 25 heavy (non-hydrogen) atoms. The molecule has 0 bridgehead atoms. The number of esters is 1. The van der Waals surface area contributed by atoms with Crippen molar-refractivity contribution in [2.75, 3.05) is 12.4 Å². The van der Waals surface area contributed by atoms with Gasteiger partial charge in [0.15, 0.2) is 0 Å². The van der Waals surface area contributed by atoms with Crippen molar-refractivity contribution < 1.29 is 14.3 Å². The maximum Gasteiger partial charge on any atom is 0.337 e. The van der Waals surface area contributed by atoms with E-state index >= 15 is 0 Å². The van der Waals surface area contributed by atoms with Crippen molar-refractivity contribution in [3.63, 3.8) is 0 Å². The Balaban J connectivity index is 2.00. The molecule has 0 atom stereocenters. The minimum absolute atomic E-state index is 0.271. The third kappa shape index (κ3) is 3.14. The number of pyridine rings is 1. The summed E-state index contributed by atoms with van der Waals surface area (Å²) in [4.78, 5) is 36.4. The van der Waals surface area contributed by atoms with Gasteiger partial charge in [-0.2, -0.15) is 0 Å². The number of benzene rings is 2. The van der Waals surface area contributed by atoms with E-state index in [1.54, 1.807) is 37.4 Å². The van der Waals surface area contributed by atoms with Crippen LogP contribution in [-0.2, 0) is 11.8 Å². The second-order valence-corrected chi connectivity index (χ2v) is 5.50. The third-order valence-corrected chi connectivity index (χ3v) is 3.94. The Kier molecular flexibility index (Phi) is 4.35. The molecule has 1 N–H and O–H groups in total. The van der Waals surface area contributed by atoms with Gasteiger partial charge in [0.05, 0.1) is 23.8 Å². The summed E-state index contributed by atoms with van der Waals surface area (Å²) in [5.74, 6) is -0.911. The molecule has 1 amide bonds. The lowest BCUT2D eigenvalue weighted by atomic mass is 10.1. The first-order valence-electron chi connectivity index (χ1n) is 7.60. The van der Waals surface area contributed by atoms with Gasteiger partial charge in [0.1, 0.15) is 0 Å². The Morgan fingerprint density at radius 1 is 1.04 bits per heavy atom. The molecule has 126 valence electrons. The van der Waals surface area contributed by atoms with Gasteiger partial charge in [0, 0.05) is 24.2 Å². The molecule has 0 unspecified atom stereocenters. The van der Waals surface area contributed by atoms with Crippen molar-refractivity contribution in [2.24, 2.45) is 7.05 Å². The highest BCUT2D eigenvalue weighted by Gasteiger charge is 2.14. The molecule has 2 aromatic carbocycles. The lowest BCUT2D eigenvalue weighted by Gasteiger charge is -2.11. The van der Waals surface area contributed by atoms with Crippen LogP contribution in [0.2, 0.25) is 0 Å². The maximum atomic E-state index is 12.7. The highest BCUT2D eigenvalue weighted by atomic mass is 16.5. The Morgan fingerprint density at radius 2 is 1.80 bits per heavy atom. The van der Waals surface area contributed by atoms with Gasteiger partial charge in [-0.3, -0.25) is 9.59 Å². The first-order chi connectivity index (χ1) is 12.0. The van der Waals surface area contributed by atoms with E-state index < -0.39 is 11.9 Å². The predicted molar refractivity (Wildman–Crippen MR) is 94.9 cm³/mol. The minimum Gasteiger partial charge on any atom is -0.465 e. The molecule has 3 rings (SSSR count). The van der Waals surface area contributed by atoms with Gasteiger partial charge in [0.2, 0.25) is 0 Å². The van der Waals surface area contributed by atoms with Gasteiger partial charge >= 0.3 is 5.97 Å². The largest absolute Gasteiger partial charge is 0.465 e. The van der Waals surface area contributed by atoms with Gasteiger partial charge in [-0.05, 0) is 24.3 Å². The number of aryl methyl sites for hydroxylation is 1. The summed E-state index contributed by atoms with van der Waals surface area (Å²) < 4.78 is 6.16. The zero-order valence-electron chi connectivity index (χ0n) is 13.8. The topological polar surface area (TPSA) is 77.4 Å². The number of fused-ring (bicyclic) bond motifs is 1. The van der Waals surface area contributed by atoms with E-state index in [0.717, 1.165) is 0 Å². The SMILES string of the molecule is COC(=O)c1cccc(NC(=O)c2cc(=O)n(C)c3ccccc23)c1. The third-order valence-electron chi connectivity index (χ3n) is 3.94. The van der Waals surface area contributed by atoms with Crippen LogP contribution in [0.1, 0.15) is 20.7 Å². The lowest BCUT2D eigenvalue weighted by molar-refractivity contribution is 0.0600. The molecule has 3 aromatic rings. The number of hydrogen-bond acceptors (Lipinski definition) is 4. The van der Waals surface area contributed by atoms with Gasteiger partial charge in [-0.25, -0.2) is 4.79 Å². The molecule has 1 heterocycles. The molecule has 0 aliphatic heterocycles. The smallest absolute Gasteiger partial charge is 0.337 e. The second kappa shape index (κ2) is 6.60. The number of ether oxygens (including phenoxy) is 1. The number of rotatable bonds is 3. The molecule has 0 radical (unpaired) electrons. The van der Waals surface area contributed by atoms with Crippen LogP contribution in [-0.4, -0.2) is 23.6 Å². The number of hydrogen-bond donors (Lipinski definition) is 1. The number of nitrogens with zero attached hydrogens (tertiary/aromatic N) is 1. The highest BCUT2D eigenvalue weighted by molar-refractivity contribution is 6.12. The summed E-state index contributed by atoms with van der Waals surface area (Å²) >= 11 is 0. The van der Waals surface area contributed by atoms with Gasteiger partial charge in [0.25, 0.3) is 11.5 Å². The summed E-state index contributed by atoms with van der Waals surface area (Å²) in [7, 11) is 2.95. The van der Waals surface area contributed by atoms with Crippen LogP contribution in [0.5, 0.6) is 0 Å². The average molecular weight is 336 g/mol. The van der Waals surface area contributed by atoms with Crippen molar-refractivity contribution >= 4 is 28.5 Å². The van der Waals surface area contributed by atoms with Crippen molar-refractivity contribution in [1.82, 2.24) is 4.57 Å². The molecule has 0 aliphatic carbocycles. The zero-order chi connectivity index (χ0) is 18.0. The lowest BCUT2D eigenvalue weighted by Crippen LogP contribution is -2.21. The monoisotopic (exact) mass is 336 g/mol. The standard InChI is InChI=1S/C19H16N2O4/c1-21-16-9-4-3-8-14(16)15(11-17(21)22)18(23)20-13-7-5-6-12(10-13)19(24)25-2/h3-11H,1-2H3,(H,20,23). The predicted octanol–water partition coefficient (Wildman–Crippen LogP) is 2.58. The van der Waals surface area contributed by atoms with Crippen LogP contribution < -0.4 is 10.9 Å². The summed E-state index contributed by atoms with van der Waals surface area (Å²) in [5, 5.41) is 3.39. The van der Waals surface area contributed by atoms with Crippen LogP contribution in [0.3, 0.4) is 0 Å². The van der Waals surface area contributed by atoms with Crippen molar-refractivity contribution in [3.05, 3.63) is 76.1 Å². The van der Waals surface area contributed by atoms with E-state index in [9.17, 15) is 14.4 Å². The number of carbonyl (C=O) groups excluding carboxylic acids is 2. The maximum absolute atomic E-state index is 12.7. The molecule has 0 fully saturated rings. The first-order valence-corrected chi connectivity index (χ1v) is 7.60. The number of carbonyl (C=O) groups is 2. The minimum atomic E-state index is -0.491.